The van der Waals surface area contributed by atoms with Crippen LogP contribution < -0.4 is 15.1 Å². The number of para-hydroxylation sites is 1. The smallest absolute Gasteiger partial charge is 0.251 e. The summed E-state index contributed by atoms with van der Waals surface area (Å²) in [6.45, 7) is 1.51. The van der Waals surface area contributed by atoms with Crippen LogP contribution in [0.15, 0.2) is 71.8 Å². The van der Waals surface area contributed by atoms with Gasteiger partial charge in [-0.3, -0.25) is 4.79 Å². The maximum atomic E-state index is 15.4. The first-order valence-corrected chi connectivity index (χ1v) is 11.6. The first-order chi connectivity index (χ1) is 17.1. The lowest BCUT2D eigenvalue weighted by molar-refractivity contribution is 0.0305. The number of benzene rings is 2. The molecular formula is C26H24FN5O3. The standard InChI is InChI=1S/C26H24FN5O3/c1-34-24-16-31(22-10-7-18(13-21(22)27)30-14-19-8-9-20(15-30)35-19)29-25(26(24)33)23-11-12-28-32(23)17-5-3-2-4-6-17/h2-7,10-13,16,19-20H,8-9,14-15H2,1H3. The van der Waals surface area contributed by atoms with Crippen molar-refractivity contribution in [2.45, 2.75) is 25.0 Å². The van der Waals surface area contributed by atoms with Crippen LogP contribution in [-0.2, 0) is 4.74 Å². The topological polar surface area (TPSA) is 74.4 Å². The maximum Gasteiger partial charge on any atom is 0.251 e. The van der Waals surface area contributed by atoms with Gasteiger partial charge in [-0.05, 0) is 49.2 Å². The van der Waals surface area contributed by atoms with Gasteiger partial charge in [-0.25, -0.2) is 13.8 Å². The van der Waals surface area contributed by atoms with E-state index < -0.39 is 11.2 Å². The third-order valence-corrected chi connectivity index (χ3v) is 6.58. The highest BCUT2D eigenvalue weighted by Gasteiger charge is 2.34. The molecule has 2 aliphatic rings. The lowest BCUT2D eigenvalue weighted by atomic mass is 10.2. The van der Waals surface area contributed by atoms with Crippen LogP contribution in [-0.4, -0.2) is 52.0 Å². The number of ether oxygens (including phenoxy) is 2. The molecule has 2 saturated heterocycles. The Bertz CT molecular complexity index is 1420. The normalized spacial score (nSPS) is 19.2. The largest absolute Gasteiger partial charge is 0.491 e. The van der Waals surface area contributed by atoms with Gasteiger partial charge in [-0.2, -0.15) is 10.2 Å². The van der Waals surface area contributed by atoms with Crippen LogP contribution in [0.1, 0.15) is 12.8 Å². The number of methoxy groups -OCH3 is 1. The van der Waals surface area contributed by atoms with E-state index in [9.17, 15) is 4.79 Å². The van der Waals surface area contributed by atoms with Crippen LogP contribution in [0.4, 0.5) is 10.1 Å². The van der Waals surface area contributed by atoms with Gasteiger partial charge in [-0.15, -0.1) is 0 Å². The van der Waals surface area contributed by atoms with Crippen molar-refractivity contribution in [3.8, 4) is 28.5 Å². The van der Waals surface area contributed by atoms with Gasteiger partial charge in [0.15, 0.2) is 17.3 Å². The number of rotatable bonds is 5. The van der Waals surface area contributed by atoms with Gasteiger partial charge in [0.05, 0.1) is 43.1 Å². The van der Waals surface area contributed by atoms with Crippen LogP contribution >= 0.6 is 0 Å². The van der Waals surface area contributed by atoms with E-state index in [-0.39, 0.29) is 29.3 Å². The Balaban J connectivity index is 1.40. The van der Waals surface area contributed by atoms with E-state index >= 15 is 4.39 Å². The van der Waals surface area contributed by atoms with Gasteiger partial charge in [0.25, 0.3) is 5.43 Å². The number of morpholine rings is 1. The fourth-order valence-corrected chi connectivity index (χ4v) is 4.87. The van der Waals surface area contributed by atoms with E-state index in [0.29, 0.717) is 5.69 Å². The summed E-state index contributed by atoms with van der Waals surface area (Å²) in [6.07, 6.45) is 5.51. The van der Waals surface area contributed by atoms with E-state index in [1.807, 2.05) is 36.4 Å². The Labute approximate surface area is 201 Å². The minimum absolute atomic E-state index is 0.0593. The Morgan fingerprint density at radius 2 is 1.80 bits per heavy atom. The second-order valence-corrected chi connectivity index (χ2v) is 8.78. The van der Waals surface area contributed by atoms with Crippen molar-refractivity contribution in [3.63, 3.8) is 0 Å². The Kier molecular flexibility index (Phi) is 5.33. The molecule has 0 N–H and O–H groups in total. The first kappa shape index (κ1) is 21.5. The Morgan fingerprint density at radius 1 is 1.03 bits per heavy atom. The third kappa shape index (κ3) is 3.87. The van der Waals surface area contributed by atoms with E-state index in [0.717, 1.165) is 37.3 Å². The molecule has 2 aromatic carbocycles. The summed E-state index contributed by atoms with van der Waals surface area (Å²) in [5.74, 6) is -0.383. The Morgan fingerprint density at radius 3 is 2.51 bits per heavy atom. The van der Waals surface area contributed by atoms with Crippen LogP contribution in [0.2, 0.25) is 0 Å². The summed E-state index contributed by atoms with van der Waals surface area (Å²) in [4.78, 5) is 15.3. The van der Waals surface area contributed by atoms with Gasteiger partial charge in [0, 0.05) is 18.8 Å². The van der Waals surface area contributed by atoms with Gasteiger partial charge >= 0.3 is 0 Å². The molecule has 2 aromatic heterocycles. The van der Waals surface area contributed by atoms with Crippen LogP contribution in [0, 0.1) is 5.82 Å². The zero-order valence-corrected chi connectivity index (χ0v) is 19.2. The van der Waals surface area contributed by atoms with E-state index in [1.165, 1.54) is 24.1 Å². The average molecular weight is 474 g/mol. The summed E-state index contributed by atoms with van der Waals surface area (Å²) in [6, 6.07) is 16.2. The quantitative estimate of drug-likeness (QED) is 0.441. The molecule has 2 unspecified atom stereocenters. The zero-order chi connectivity index (χ0) is 23.9. The molecule has 0 saturated carbocycles. The highest BCUT2D eigenvalue weighted by Crippen LogP contribution is 2.31. The molecule has 35 heavy (non-hydrogen) atoms. The summed E-state index contributed by atoms with van der Waals surface area (Å²) in [5, 5.41) is 8.86. The average Bonchev–Trinajstić information content (AvgIpc) is 3.50. The molecule has 0 amide bonds. The molecule has 6 rings (SSSR count). The highest BCUT2D eigenvalue weighted by molar-refractivity contribution is 5.60. The molecule has 0 spiro atoms. The minimum atomic E-state index is -0.443. The molecule has 2 atom stereocenters. The van der Waals surface area contributed by atoms with Gasteiger partial charge in [0.2, 0.25) is 0 Å². The first-order valence-electron chi connectivity index (χ1n) is 11.6. The molecule has 9 heteroatoms. The van der Waals surface area contributed by atoms with Gasteiger partial charge in [-0.1, -0.05) is 18.2 Å². The van der Waals surface area contributed by atoms with Crippen molar-refractivity contribution in [1.82, 2.24) is 19.6 Å². The molecule has 2 bridgehead atoms. The van der Waals surface area contributed by atoms with Crippen molar-refractivity contribution in [1.29, 1.82) is 0 Å². The summed E-state index contributed by atoms with van der Waals surface area (Å²) >= 11 is 0. The predicted molar refractivity (Wildman–Crippen MR) is 129 cm³/mol. The fraction of sp³-hybridized carbons (Fsp3) is 0.269. The van der Waals surface area contributed by atoms with Crippen LogP contribution in [0.25, 0.3) is 22.8 Å². The summed E-state index contributed by atoms with van der Waals surface area (Å²) < 4.78 is 29.6. The van der Waals surface area contributed by atoms with Crippen LogP contribution in [0.3, 0.4) is 0 Å². The fourth-order valence-electron chi connectivity index (χ4n) is 4.87. The number of anilines is 1. The van der Waals surface area contributed by atoms with E-state index in [4.69, 9.17) is 9.47 Å². The lowest BCUT2D eigenvalue weighted by Gasteiger charge is -2.34. The number of aromatic nitrogens is 4. The SMILES string of the molecule is COc1cn(-c2ccc(N3CC4CCC(C3)O4)cc2F)nc(-c2ccnn2-c2ccccc2)c1=O. The molecule has 0 radical (unpaired) electrons. The second kappa shape index (κ2) is 8.66. The number of hydrogen-bond acceptors (Lipinski definition) is 6. The van der Waals surface area contributed by atoms with Crippen LogP contribution in [0.5, 0.6) is 5.75 Å². The number of halogens is 1. The molecule has 2 fully saturated rings. The lowest BCUT2D eigenvalue weighted by Crippen LogP contribution is -2.42. The van der Waals surface area contributed by atoms with Gasteiger partial charge in [0.1, 0.15) is 5.69 Å². The maximum absolute atomic E-state index is 15.4. The second-order valence-electron chi connectivity index (χ2n) is 8.78. The van der Waals surface area contributed by atoms with Gasteiger partial charge < -0.3 is 14.4 Å². The molecule has 2 aliphatic heterocycles. The Hall–Kier alpha value is -3.98. The highest BCUT2D eigenvalue weighted by atomic mass is 19.1. The van der Waals surface area contributed by atoms with E-state index in [1.54, 1.807) is 23.0 Å². The minimum Gasteiger partial charge on any atom is -0.491 e. The van der Waals surface area contributed by atoms with Crippen molar-refractivity contribution in [2.24, 2.45) is 0 Å². The molecule has 178 valence electrons. The van der Waals surface area contributed by atoms with Crippen molar-refractivity contribution in [2.75, 3.05) is 25.1 Å². The third-order valence-electron chi connectivity index (χ3n) is 6.58. The van der Waals surface area contributed by atoms with Crippen molar-refractivity contribution >= 4 is 5.69 Å². The number of nitrogens with zero attached hydrogens (tertiary/aromatic N) is 5. The summed E-state index contributed by atoms with van der Waals surface area (Å²) in [7, 11) is 1.41. The molecule has 4 heterocycles. The van der Waals surface area contributed by atoms with Crippen molar-refractivity contribution < 1.29 is 13.9 Å². The number of hydrogen-bond donors (Lipinski definition) is 0. The summed E-state index contributed by atoms with van der Waals surface area (Å²) in [5.41, 5.74) is 1.99. The monoisotopic (exact) mass is 473 g/mol. The molecule has 8 nitrogen and oxygen atoms in total. The molecule has 4 aromatic rings. The number of fused-ring (bicyclic) bond motifs is 2. The van der Waals surface area contributed by atoms with E-state index in [2.05, 4.69) is 15.1 Å². The predicted octanol–water partition coefficient (Wildman–Crippen LogP) is 3.60. The molecule has 0 aliphatic carbocycles. The van der Waals surface area contributed by atoms with Crippen molar-refractivity contribution in [3.05, 3.63) is 83.0 Å². The zero-order valence-electron chi connectivity index (χ0n) is 19.2. The molecular weight excluding hydrogens is 449 g/mol.